The number of nitrogens with zero attached hydrogens (tertiary/aromatic N) is 3. The number of rotatable bonds is 46. The van der Waals surface area contributed by atoms with Crippen molar-refractivity contribution >= 4 is 82.5 Å². The molecule has 10 unspecified atom stereocenters. The maximum Gasteiger partial charge on any atom is 0.309 e. The summed E-state index contributed by atoms with van der Waals surface area (Å²) < 4.78 is 11.8. The van der Waals surface area contributed by atoms with Gasteiger partial charge in [-0.2, -0.15) is 58.8 Å². The summed E-state index contributed by atoms with van der Waals surface area (Å²) >= 11 is 12.0. The Kier molecular flexibility index (Phi) is 42.2. The first-order valence-electron chi connectivity index (χ1n) is 29.9. The van der Waals surface area contributed by atoms with Gasteiger partial charge in [0.15, 0.2) is 0 Å². The van der Waals surface area contributed by atoms with Crippen LogP contribution in [0.25, 0.3) is 0 Å². The Morgan fingerprint density at radius 2 is 1.04 bits per heavy atom. The highest BCUT2D eigenvalue weighted by atomic mass is 32.2. The number of ether oxygens (including phenoxy) is 2. The van der Waals surface area contributed by atoms with Crippen molar-refractivity contribution in [3.8, 4) is 0 Å². The van der Waals surface area contributed by atoms with E-state index in [0.717, 1.165) is 139 Å². The van der Waals surface area contributed by atoms with Gasteiger partial charge in [-0.3, -0.25) is 9.59 Å². The lowest BCUT2D eigenvalue weighted by Gasteiger charge is -2.36. The van der Waals surface area contributed by atoms with Crippen molar-refractivity contribution in [1.29, 1.82) is 0 Å². The smallest absolute Gasteiger partial charge is 0.309 e. The maximum absolute atomic E-state index is 13.6. The molecule has 0 aromatic rings. The van der Waals surface area contributed by atoms with Gasteiger partial charge in [0.05, 0.1) is 44.9 Å². The Morgan fingerprint density at radius 1 is 0.553 bits per heavy atom. The zero-order valence-electron chi connectivity index (χ0n) is 50.3. The number of carbonyl (C=O) groups excluding carboxylic acids is 2. The highest BCUT2D eigenvalue weighted by Gasteiger charge is 2.36. The number of carbonyl (C=O) groups is 2. The molecule has 0 amide bonds. The topological polar surface area (TPSA) is 123 Å². The summed E-state index contributed by atoms with van der Waals surface area (Å²) in [6, 6.07) is 0. The summed E-state index contributed by atoms with van der Waals surface area (Å²) in [5.74, 6) is 8.32. The summed E-state index contributed by atoms with van der Waals surface area (Å²) in [5, 5.41) is 31.5. The molecule has 0 spiro atoms. The molecule has 448 valence electrons. The van der Waals surface area contributed by atoms with Crippen LogP contribution in [-0.2, 0) is 19.1 Å². The van der Waals surface area contributed by atoms with Crippen LogP contribution in [0.5, 0.6) is 0 Å². The van der Waals surface area contributed by atoms with Crippen molar-refractivity contribution in [2.75, 3.05) is 129 Å². The van der Waals surface area contributed by atoms with Crippen LogP contribution < -0.4 is 0 Å². The first-order valence-corrected chi connectivity index (χ1v) is 36.1. The molecule has 0 aliphatic heterocycles. The largest absolute Gasteiger partial charge is 0.465 e. The molecule has 0 radical (unpaired) electrons. The van der Waals surface area contributed by atoms with Crippen molar-refractivity contribution in [3.05, 3.63) is 10.5 Å². The van der Waals surface area contributed by atoms with Crippen LogP contribution in [0.1, 0.15) is 157 Å². The van der Waals surface area contributed by atoms with Crippen LogP contribution in [0.4, 0.5) is 0 Å². The molecule has 3 N–H and O–H groups in total. The fourth-order valence-corrected chi connectivity index (χ4v) is 18.6. The quantitative estimate of drug-likeness (QED) is 0.0395. The van der Waals surface area contributed by atoms with Crippen molar-refractivity contribution in [2.24, 2.45) is 41.4 Å². The van der Waals surface area contributed by atoms with Crippen LogP contribution in [0.15, 0.2) is 10.5 Å². The van der Waals surface area contributed by atoms with Gasteiger partial charge in [-0.1, -0.05) is 47.1 Å². The van der Waals surface area contributed by atoms with Crippen LogP contribution >= 0.6 is 70.6 Å². The van der Waals surface area contributed by atoms with Gasteiger partial charge in [-0.15, -0.1) is 11.8 Å². The fourth-order valence-electron chi connectivity index (χ4n) is 10.6. The van der Waals surface area contributed by atoms with Gasteiger partial charge < -0.3 is 39.5 Å². The van der Waals surface area contributed by atoms with Gasteiger partial charge in [0, 0.05) is 80.4 Å². The molecule has 10 nitrogen and oxygen atoms in total. The average Bonchev–Trinajstić information content (AvgIpc) is 3.37. The predicted octanol–water partition coefficient (Wildman–Crippen LogP) is 12.7. The second-order valence-corrected chi connectivity index (χ2v) is 31.6. The third-order valence-corrected chi connectivity index (χ3v) is 24.7. The number of unbranched alkanes of at least 4 members (excludes halogenated alkanes) is 3. The minimum Gasteiger partial charge on any atom is -0.465 e. The van der Waals surface area contributed by atoms with Gasteiger partial charge in [0.2, 0.25) is 0 Å². The van der Waals surface area contributed by atoms with E-state index in [4.69, 9.17) is 9.47 Å². The number of thioether (sulfide) groups is 6. The third-order valence-electron chi connectivity index (χ3n) is 15.7. The lowest BCUT2D eigenvalue weighted by molar-refractivity contribution is -0.150. The van der Waals surface area contributed by atoms with Gasteiger partial charge in [-0.25, -0.2) is 0 Å². The molecule has 1 saturated carbocycles. The van der Waals surface area contributed by atoms with Crippen molar-refractivity contribution in [2.45, 2.75) is 183 Å². The number of aliphatic hydroxyl groups excluding tert-OH is 3. The van der Waals surface area contributed by atoms with E-state index in [1.807, 2.05) is 47.0 Å². The predicted molar refractivity (Wildman–Crippen MR) is 341 cm³/mol. The van der Waals surface area contributed by atoms with E-state index in [9.17, 15) is 24.9 Å². The number of hydrogen-bond donors (Lipinski definition) is 3. The Labute approximate surface area is 493 Å². The van der Waals surface area contributed by atoms with E-state index in [1.54, 1.807) is 5.57 Å². The Hall–Kier alpha value is 0.540. The minimum absolute atomic E-state index is 0.0342. The van der Waals surface area contributed by atoms with E-state index < -0.39 is 0 Å². The van der Waals surface area contributed by atoms with Gasteiger partial charge in [-0.05, 0) is 192 Å². The number of aliphatic hydroxyl groups is 3. The summed E-state index contributed by atoms with van der Waals surface area (Å²) in [4.78, 5) is 35.3. The summed E-state index contributed by atoms with van der Waals surface area (Å²) in [6.45, 7) is 18.9. The van der Waals surface area contributed by atoms with E-state index in [-0.39, 0.29) is 43.6 Å². The first kappa shape index (κ1) is 72.6. The first-order chi connectivity index (χ1) is 36.4. The van der Waals surface area contributed by atoms with Crippen LogP contribution in [0.3, 0.4) is 0 Å². The molecule has 16 heteroatoms. The lowest BCUT2D eigenvalue weighted by atomic mass is 9.78. The van der Waals surface area contributed by atoms with Crippen molar-refractivity contribution < 1.29 is 34.4 Å². The molecule has 0 aromatic carbocycles. The molecule has 76 heavy (non-hydrogen) atoms. The number of esters is 2. The second-order valence-electron chi connectivity index (χ2n) is 23.7. The molecule has 0 heterocycles. The third kappa shape index (κ3) is 32.4. The van der Waals surface area contributed by atoms with E-state index in [2.05, 4.69) is 122 Å². The second kappa shape index (κ2) is 44.1. The Bertz CT molecular complexity index is 1510. The van der Waals surface area contributed by atoms with Crippen molar-refractivity contribution in [3.63, 3.8) is 0 Å². The van der Waals surface area contributed by atoms with Crippen molar-refractivity contribution in [1.82, 2.24) is 14.7 Å². The standard InChI is InChI=1S/C60H115N3O7S6/c1-45(2)53(71-37-29-61(7)8)25-17-47(5)55(72-38-30-62(9)10)27-23-49-19-21-51(43-57(49)73-39-31-63(11)12)59(67)69-35-15-13-14-16-36-70-60(68)52-22-20-50(58(44-52)76-42-34-66)24-28-56(75-41-33-65)48(6)18-26-54(46(3)4)74-40-32-64/h45-48,50-56,58,64-66H,13-44H2,1-12H3. The molecular formula is C60H115N3O7S6. The molecule has 0 aromatic heterocycles. The zero-order chi connectivity index (χ0) is 56.3. The minimum atomic E-state index is -0.0925. The number of hydrogen-bond acceptors (Lipinski definition) is 16. The molecule has 2 aliphatic carbocycles. The summed E-state index contributed by atoms with van der Waals surface area (Å²) in [7, 11) is 13.0. The van der Waals surface area contributed by atoms with Crippen LogP contribution in [0, 0.1) is 41.4 Å². The van der Waals surface area contributed by atoms with Gasteiger partial charge in [0.25, 0.3) is 0 Å². The zero-order valence-corrected chi connectivity index (χ0v) is 55.2. The maximum atomic E-state index is 13.6. The molecule has 2 rings (SSSR count). The molecule has 1 fully saturated rings. The highest BCUT2D eigenvalue weighted by Crippen LogP contribution is 2.43. The van der Waals surface area contributed by atoms with Crippen LogP contribution in [0.2, 0.25) is 0 Å². The Morgan fingerprint density at radius 3 is 1.57 bits per heavy atom. The molecular weight excluding hydrogens is 1070 g/mol. The lowest BCUT2D eigenvalue weighted by Crippen LogP contribution is -2.33. The van der Waals surface area contributed by atoms with E-state index >= 15 is 0 Å². The molecule has 2 aliphatic rings. The molecule has 10 atom stereocenters. The van der Waals surface area contributed by atoms with Crippen LogP contribution in [-0.4, -0.2) is 198 Å². The summed E-state index contributed by atoms with van der Waals surface area (Å²) in [5.41, 5.74) is 1.59. The summed E-state index contributed by atoms with van der Waals surface area (Å²) in [6.07, 6.45) is 18.2. The van der Waals surface area contributed by atoms with Gasteiger partial charge in [0.1, 0.15) is 0 Å². The highest BCUT2D eigenvalue weighted by molar-refractivity contribution is 8.03. The van der Waals surface area contributed by atoms with E-state index in [0.29, 0.717) is 74.8 Å². The Balaban J connectivity index is 1.86. The fraction of sp³-hybridized carbons (Fsp3) is 0.933. The molecule has 0 saturated heterocycles. The molecule has 0 bridgehead atoms. The monoisotopic (exact) mass is 1180 g/mol. The number of allylic oxidation sites excluding steroid dienone is 2. The normalized spacial score (nSPS) is 20.9. The van der Waals surface area contributed by atoms with Gasteiger partial charge >= 0.3 is 11.9 Å². The van der Waals surface area contributed by atoms with E-state index in [1.165, 1.54) is 29.9 Å². The SMILES string of the molecule is CC(C)C(CCC(C)C(CCC1=C(SCCN(C)C)CC(C(=O)OCCCCCCOC(=O)C2CCC(CCC(SCCO)C(C)CCC(SCCO)C(C)C)C(SCCO)C2)CC1)SCCN(C)C)SCCN(C)C. The average molecular weight is 1180 g/mol.